The van der Waals surface area contributed by atoms with Gasteiger partial charge in [-0.25, -0.2) is 4.79 Å². The van der Waals surface area contributed by atoms with Crippen molar-refractivity contribution in [1.82, 2.24) is 5.32 Å². The number of benzene rings is 2. The Bertz CT molecular complexity index is 791. The lowest BCUT2D eigenvalue weighted by Gasteiger charge is -2.14. The molecule has 0 saturated heterocycles. The van der Waals surface area contributed by atoms with Crippen LogP contribution in [-0.4, -0.2) is 25.1 Å². The number of hydrogen-bond donors (Lipinski definition) is 3. The highest BCUT2D eigenvalue weighted by Gasteiger charge is 2.10. The van der Waals surface area contributed by atoms with Crippen molar-refractivity contribution in [3.63, 3.8) is 0 Å². The first-order valence-electron chi connectivity index (χ1n) is 9.43. The molecule has 0 bridgehead atoms. The van der Waals surface area contributed by atoms with Crippen LogP contribution in [0.5, 0.6) is 17.2 Å². The molecule has 3 amide bonds. The molecule has 0 aliphatic heterocycles. The molecule has 0 atom stereocenters. The van der Waals surface area contributed by atoms with Gasteiger partial charge in [0.25, 0.3) is 0 Å². The fraction of sp³-hybridized carbons (Fsp3) is 0.333. The number of hydrogen-bond acceptors (Lipinski definition) is 4. The van der Waals surface area contributed by atoms with Crippen molar-refractivity contribution >= 4 is 17.6 Å². The lowest BCUT2D eigenvalue weighted by molar-refractivity contribution is 0.1000. The third kappa shape index (κ3) is 6.50. The van der Waals surface area contributed by atoms with Gasteiger partial charge in [0.05, 0.1) is 6.61 Å². The van der Waals surface area contributed by atoms with Crippen LogP contribution >= 0.6 is 0 Å². The summed E-state index contributed by atoms with van der Waals surface area (Å²) in [5, 5.41) is 5.62. The van der Waals surface area contributed by atoms with Gasteiger partial charge in [-0.2, -0.15) is 0 Å². The van der Waals surface area contributed by atoms with Gasteiger partial charge in [0.1, 0.15) is 5.75 Å². The molecule has 7 nitrogen and oxygen atoms in total. The normalized spacial score (nSPS) is 10.2. The number of ether oxygens (including phenoxy) is 2. The van der Waals surface area contributed by atoms with Gasteiger partial charge < -0.3 is 25.8 Å². The van der Waals surface area contributed by atoms with E-state index in [1.807, 2.05) is 6.92 Å². The first-order chi connectivity index (χ1) is 13.5. The van der Waals surface area contributed by atoms with Crippen LogP contribution in [0, 0.1) is 0 Å². The SMILES string of the molecule is CCCCCNC(=O)Nc1ccc(Oc2ccc(C(N)=O)cc2)c(OCC)c1. The smallest absolute Gasteiger partial charge is 0.319 e. The first-order valence-corrected chi connectivity index (χ1v) is 9.43. The summed E-state index contributed by atoms with van der Waals surface area (Å²) in [7, 11) is 0. The van der Waals surface area contributed by atoms with Crippen molar-refractivity contribution in [2.45, 2.75) is 33.1 Å². The molecule has 150 valence electrons. The summed E-state index contributed by atoms with van der Waals surface area (Å²) in [5.41, 5.74) is 6.25. The van der Waals surface area contributed by atoms with Crippen molar-refractivity contribution in [2.75, 3.05) is 18.5 Å². The number of amides is 3. The molecule has 0 unspecified atom stereocenters. The van der Waals surface area contributed by atoms with E-state index in [9.17, 15) is 9.59 Å². The number of unbranched alkanes of at least 4 members (excludes halogenated alkanes) is 2. The molecule has 0 fully saturated rings. The van der Waals surface area contributed by atoms with Crippen molar-refractivity contribution < 1.29 is 19.1 Å². The molecule has 0 aliphatic rings. The van der Waals surface area contributed by atoms with Crippen molar-refractivity contribution in [1.29, 1.82) is 0 Å². The maximum atomic E-state index is 12.0. The summed E-state index contributed by atoms with van der Waals surface area (Å²) in [6, 6.07) is 11.4. The van der Waals surface area contributed by atoms with Crippen molar-refractivity contribution in [2.24, 2.45) is 5.73 Å². The molecule has 2 rings (SSSR count). The second kappa shape index (κ2) is 10.8. The topological polar surface area (TPSA) is 103 Å². The van der Waals surface area contributed by atoms with E-state index in [0.717, 1.165) is 19.3 Å². The van der Waals surface area contributed by atoms with Gasteiger partial charge in [0.15, 0.2) is 11.5 Å². The first kappa shape index (κ1) is 21.1. The summed E-state index contributed by atoms with van der Waals surface area (Å²) in [5.74, 6) is 1.05. The van der Waals surface area contributed by atoms with Crippen molar-refractivity contribution in [3.8, 4) is 17.2 Å². The monoisotopic (exact) mass is 385 g/mol. The van der Waals surface area contributed by atoms with E-state index in [1.54, 1.807) is 42.5 Å². The van der Waals surface area contributed by atoms with E-state index in [-0.39, 0.29) is 6.03 Å². The van der Waals surface area contributed by atoms with Gasteiger partial charge in [0, 0.05) is 23.9 Å². The van der Waals surface area contributed by atoms with Crippen LogP contribution in [0.15, 0.2) is 42.5 Å². The van der Waals surface area contributed by atoms with Crippen LogP contribution < -0.4 is 25.8 Å². The zero-order valence-corrected chi connectivity index (χ0v) is 16.3. The molecule has 0 spiro atoms. The number of anilines is 1. The zero-order chi connectivity index (χ0) is 20.4. The number of urea groups is 1. The van der Waals surface area contributed by atoms with E-state index >= 15 is 0 Å². The molecule has 0 saturated carbocycles. The molecule has 0 radical (unpaired) electrons. The summed E-state index contributed by atoms with van der Waals surface area (Å²) in [4.78, 5) is 23.1. The third-order valence-corrected chi connectivity index (χ3v) is 3.93. The second-order valence-electron chi connectivity index (χ2n) is 6.17. The number of nitrogens with two attached hydrogens (primary N) is 1. The maximum Gasteiger partial charge on any atom is 0.319 e. The Morgan fingerprint density at radius 1 is 1.00 bits per heavy atom. The Labute approximate surface area is 165 Å². The summed E-state index contributed by atoms with van der Waals surface area (Å²) in [6.45, 7) is 5.07. The number of primary amides is 1. The molecular formula is C21H27N3O4. The van der Waals surface area contributed by atoms with E-state index in [1.165, 1.54) is 0 Å². The van der Waals surface area contributed by atoms with Crippen LogP contribution in [0.4, 0.5) is 10.5 Å². The van der Waals surface area contributed by atoms with Crippen molar-refractivity contribution in [3.05, 3.63) is 48.0 Å². The number of carbonyl (C=O) groups excluding carboxylic acids is 2. The number of carbonyl (C=O) groups is 2. The minimum atomic E-state index is -0.495. The van der Waals surface area contributed by atoms with E-state index in [4.69, 9.17) is 15.2 Å². The molecular weight excluding hydrogens is 358 g/mol. The van der Waals surface area contributed by atoms with Crippen LogP contribution in [0.2, 0.25) is 0 Å². The molecule has 4 N–H and O–H groups in total. The van der Waals surface area contributed by atoms with Gasteiger partial charge in [-0.05, 0) is 49.7 Å². The third-order valence-electron chi connectivity index (χ3n) is 3.93. The highest BCUT2D eigenvalue weighted by atomic mass is 16.5. The van der Waals surface area contributed by atoms with E-state index in [0.29, 0.717) is 41.7 Å². The average molecular weight is 385 g/mol. The standard InChI is InChI=1S/C21H27N3O4/c1-3-5-6-13-23-21(26)24-16-9-12-18(19(14-16)27-4-2)28-17-10-7-15(8-11-17)20(22)25/h7-12,14H,3-6,13H2,1-2H3,(H2,22,25)(H2,23,24,26). The summed E-state index contributed by atoms with van der Waals surface area (Å²) >= 11 is 0. The van der Waals surface area contributed by atoms with Gasteiger partial charge in [-0.1, -0.05) is 19.8 Å². The van der Waals surface area contributed by atoms with Gasteiger partial charge in [0.2, 0.25) is 5.91 Å². The average Bonchev–Trinajstić information content (AvgIpc) is 2.68. The summed E-state index contributed by atoms with van der Waals surface area (Å²) in [6.07, 6.45) is 3.14. The van der Waals surface area contributed by atoms with Crippen LogP contribution in [0.25, 0.3) is 0 Å². The fourth-order valence-electron chi connectivity index (χ4n) is 2.50. The Morgan fingerprint density at radius 2 is 1.75 bits per heavy atom. The van der Waals surface area contributed by atoms with Crippen LogP contribution in [-0.2, 0) is 0 Å². The predicted octanol–water partition coefficient (Wildman–Crippen LogP) is 4.29. The largest absolute Gasteiger partial charge is 0.490 e. The van der Waals surface area contributed by atoms with Gasteiger partial charge >= 0.3 is 6.03 Å². The van der Waals surface area contributed by atoms with E-state index in [2.05, 4.69) is 17.6 Å². The molecule has 7 heteroatoms. The van der Waals surface area contributed by atoms with Gasteiger partial charge in [-0.3, -0.25) is 4.79 Å². The lowest BCUT2D eigenvalue weighted by Crippen LogP contribution is -2.29. The highest BCUT2D eigenvalue weighted by molar-refractivity contribution is 5.92. The molecule has 2 aromatic carbocycles. The molecule has 0 aromatic heterocycles. The predicted molar refractivity (Wildman–Crippen MR) is 109 cm³/mol. The zero-order valence-electron chi connectivity index (χ0n) is 16.3. The number of nitrogens with one attached hydrogen (secondary N) is 2. The minimum absolute atomic E-state index is 0.255. The van der Waals surface area contributed by atoms with Crippen LogP contribution in [0.3, 0.4) is 0 Å². The Kier molecular flexibility index (Phi) is 8.14. The number of rotatable bonds is 10. The lowest BCUT2D eigenvalue weighted by atomic mass is 10.2. The Balaban J connectivity index is 2.05. The quantitative estimate of drug-likeness (QED) is 0.531. The molecule has 0 aliphatic carbocycles. The fourth-order valence-corrected chi connectivity index (χ4v) is 2.50. The minimum Gasteiger partial charge on any atom is -0.490 e. The van der Waals surface area contributed by atoms with Gasteiger partial charge in [-0.15, -0.1) is 0 Å². The Morgan fingerprint density at radius 3 is 2.39 bits per heavy atom. The highest BCUT2D eigenvalue weighted by Crippen LogP contribution is 2.34. The molecule has 2 aromatic rings. The van der Waals surface area contributed by atoms with E-state index < -0.39 is 5.91 Å². The van der Waals surface area contributed by atoms with Crippen LogP contribution in [0.1, 0.15) is 43.5 Å². The Hall–Kier alpha value is -3.22. The molecule has 28 heavy (non-hydrogen) atoms. The summed E-state index contributed by atoms with van der Waals surface area (Å²) < 4.78 is 11.5. The molecule has 0 heterocycles. The second-order valence-corrected chi connectivity index (χ2v) is 6.17. The maximum absolute atomic E-state index is 12.0.